The Balaban J connectivity index is 1.64. The number of hydrogen-bond donors (Lipinski definition) is 1. The summed E-state index contributed by atoms with van der Waals surface area (Å²) in [4.78, 5) is 16.8. The molecule has 1 N–H and O–H groups in total. The van der Waals surface area contributed by atoms with E-state index in [1.54, 1.807) is 6.07 Å². The molecule has 1 aromatic rings. The van der Waals surface area contributed by atoms with Crippen LogP contribution < -0.4 is 5.32 Å². The number of carbonyl (C=O) groups is 1. The van der Waals surface area contributed by atoms with Crippen LogP contribution >= 0.6 is 0 Å². The predicted octanol–water partition coefficient (Wildman–Crippen LogP) is 1.49. The summed E-state index contributed by atoms with van der Waals surface area (Å²) in [5.41, 5.74) is 0.845. The predicted molar refractivity (Wildman–Crippen MR) is 77.0 cm³/mol. The fraction of sp³-hybridized carbons (Fsp3) is 0.562. The maximum atomic E-state index is 13.5. The van der Waals surface area contributed by atoms with Gasteiger partial charge in [-0.15, -0.1) is 0 Å². The van der Waals surface area contributed by atoms with Gasteiger partial charge in [0.05, 0.1) is 12.6 Å². The second-order valence-corrected chi connectivity index (χ2v) is 6.24. The van der Waals surface area contributed by atoms with E-state index in [2.05, 4.69) is 10.2 Å². The smallest absolute Gasteiger partial charge is 0.238 e. The molecule has 0 radical (unpaired) electrons. The van der Waals surface area contributed by atoms with Crippen molar-refractivity contribution in [2.45, 2.75) is 37.5 Å². The number of carbonyl (C=O) groups excluding carboxylic acids is 1. The Hall–Kier alpha value is -1.46. The van der Waals surface area contributed by atoms with Crippen LogP contribution in [0.1, 0.15) is 31.0 Å². The van der Waals surface area contributed by atoms with E-state index in [9.17, 15) is 9.18 Å². The first-order valence-corrected chi connectivity index (χ1v) is 7.78. The van der Waals surface area contributed by atoms with Gasteiger partial charge in [-0.25, -0.2) is 4.39 Å². The van der Waals surface area contributed by atoms with E-state index in [-0.39, 0.29) is 23.9 Å². The van der Waals surface area contributed by atoms with Crippen LogP contribution in [0.25, 0.3) is 0 Å². The summed E-state index contributed by atoms with van der Waals surface area (Å²) in [6, 6.07) is 7.34. The minimum absolute atomic E-state index is 0.142. The molecule has 3 aliphatic rings. The molecule has 0 bridgehead atoms. The average Bonchev–Trinajstić information content (AvgIpc) is 3.14. The molecule has 1 aromatic carbocycles. The third kappa shape index (κ3) is 2.15. The summed E-state index contributed by atoms with van der Waals surface area (Å²) >= 11 is 0. The lowest BCUT2D eigenvalue weighted by Gasteiger charge is -2.34. The molecule has 4 rings (SSSR count). The number of benzene rings is 1. The number of rotatable bonds is 2. The minimum atomic E-state index is -0.248. The summed E-state index contributed by atoms with van der Waals surface area (Å²) in [5.74, 6) is -0.106. The summed E-state index contributed by atoms with van der Waals surface area (Å²) in [7, 11) is 0. The molecule has 4 nitrogen and oxygen atoms in total. The van der Waals surface area contributed by atoms with E-state index < -0.39 is 0 Å². The van der Waals surface area contributed by atoms with Crippen molar-refractivity contribution >= 4 is 5.91 Å². The van der Waals surface area contributed by atoms with Crippen molar-refractivity contribution in [3.63, 3.8) is 0 Å². The lowest BCUT2D eigenvalue weighted by atomic mass is 10.0. The van der Waals surface area contributed by atoms with E-state index in [1.807, 2.05) is 11.0 Å². The number of amides is 1. The largest absolute Gasteiger partial charge is 0.317 e. The zero-order valence-electron chi connectivity index (χ0n) is 12.0. The fourth-order valence-electron chi connectivity index (χ4n) is 4.23. The summed E-state index contributed by atoms with van der Waals surface area (Å²) in [5, 5.41) is 3.25. The van der Waals surface area contributed by atoms with Crippen molar-refractivity contribution in [3.05, 3.63) is 35.6 Å². The Bertz CT molecular complexity index is 564. The summed E-state index contributed by atoms with van der Waals surface area (Å²) in [6.07, 6.45) is 3.24. The SMILES string of the molecule is O=C1CNC(c2cccc(F)c2)N1C1CCN2CCCC12. The topological polar surface area (TPSA) is 35.6 Å². The maximum absolute atomic E-state index is 13.5. The quantitative estimate of drug-likeness (QED) is 0.896. The van der Waals surface area contributed by atoms with Crippen LogP contribution in [0.2, 0.25) is 0 Å². The van der Waals surface area contributed by atoms with Gasteiger partial charge in [0, 0.05) is 12.6 Å². The number of fused-ring (bicyclic) bond motifs is 1. The van der Waals surface area contributed by atoms with Crippen molar-refractivity contribution < 1.29 is 9.18 Å². The number of nitrogens with one attached hydrogen (secondary N) is 1. The third-order valence-corrected chi connectivity index (χ3v) is 5.10. The zero-order chi connectivity index (χ0) is 14.4. The Kier molecular flexibility index (Phi) is 3.19. The van der Waals surface area contributed by atoms with Gasteiger partial charge in [-0.05, 0) is 43.5 Å². The Labute approximate surface area is 123 Å². The van der Waals surface area contributed by atoms with Crippen molar-refractivity contribution in [2.24, 2.45) is 0 Å². The average molecular weight is 289 g/mol. The molecule has 1 amide bonds. The van der Waals surface area contributed by atoms with Crippen molar-refractivity contribution in [3.8, 4) is 0 Å². The second-order valence-electron chi connectivity index (χ2n) is 6.24. The fourth-order valence-corrected chi connectivity index (χ4v) is 4.23. The van der Waals surface area contributed by atoms with Crippen LogP contribution in [0.15, 0.2) is 24.3 Å². The Morgan fingerprint density at radius 2 is 2.10 bits per heavy atom. The van der Waals surface area contributed by atoms with E-state index in [1.165, 1.54) is 25.0 Å². The molecule has 0 spiro atoms. The lowest BCUT2D eigenvalue weighted by Crippen LogP contribution is -2.45. The van der Waals surface area contributed by atoms with Gasteiger partial charge in [0.15, 0.2) is 0 Å². The van der Waals surface area contributed by atoms with E-state index in [0.717, 1.165) is 25.1 Å². The second kappa shape index (κ2) is 5.07. The molecular formula is C16H20FN3O. The van der Waals surface area contributed by atoms with Gasteiger partial charge < -0.3 is 4.90 Å². The van der Waals surface area contributed by atoms with Crippen molar-refractivity contribution in [1.29, 1.82) is 0 Å². The summed E-state index contributed by atoms with van der Waals surface area (Å²) in [6.45, 7) is 2.58. The highest BCUT2D eigenvalue weighted by Gasteiger charge is 2.46. The summed E-state index contributed by atoms with van der Waals surface area (Å²) < 4.78 is 13.5. The van der Waals surface area contributed by atoms with Gasteiger partial charge in [-0.2, -0.15) is 0 Å². The van der Waals surface area contributed by atoms with E-state index in [4.69, 9.17) is 0 Å². The zero-order valence-corrected chi connectivity index (χ0v) is 12.0. The molecule has 3 atom stereocenters. The molecule has 5 heteroatoms. The molecular weight excluding hydrogens is 269 g/mol. The normalized spacial score (nSPS) is 32.9. The number of halogens is 1. The molecule has 0 aliphatic carbocycles. The highest BCUT2D eigenvalue weighted by atomic mass is 19.1. The molecule has 0 saturated carbocycles. The first kappa shape index (κ1) is 13.2. The van der Waals surface area contributed by atoms with E-state index >= 15 is 0 Å². The molecule has 0 aromatic heterocycles. The Morgan fingerprint density at radius 3 is 2.95 bits per heavy atom. The van der Waals surface area contributed by atoms with Gasteiger partial charge in [0.2, 0.25) is 5.91 Å². The molecule has 3 fully saturated rings. The first-order valence-electron chi connectivity index (χ1n) is 7.78. The van der Waals surface area contributed by atoms with Crippen LogP contribution in [0, 0.1) is 5.82 Å². The van der Waals surface area contributed by atoms with Crippen LogP contribution in [0.5, 0.6) is 0 Å². The molecule has 3 heterocycles. The third-order valence-electron chi connectivity index (χ3n) is 5.10. The molecule has 3 aliphatic heterocycles. The minimum Gasteiger partial charge on any atom is -0.317 e. The van der Waals surface area contributed by atoms with Gasteiger partial charge >= 0.3 is 0 Å². The van der Waals surface area contributed by atoms with Crippen LogP contribution in [0.4, 0.5) is 4.39 Å². The number of hydrogen-bond acceptors (Lipinski definition) is 3. The first-order chi connectivity index (χ1) is 10.2. The van der Waals surface area contributed by atoms with Gasteiger partial charge in [-0.1, -0.05) is 12.1 Å². The van der Waals surface area contributed by atoms with Crippen LogP contribution in [-0.2, 0) is 4.79 Å². The van der Waals surface area contributed by atoms with Gasteiger partial charge in [0.1, 0.15) is 12.0 Å². The van der Waals surface area contributed by atoms with Gasteiger partial charge in [-0.3, -0.25) is 15.0 Å². The Morgan fingerprint density at radius 1 is 1.19 bits per heavy atom. The lowest BCUT2D eigenvalue weighted by molar-refractivity contribution is -0.130. The molecule has 3 saturated heterocycles. The van der Waals surface area contributed by atoms with Crippen molar-refractivity contribution in [2.75, 3.05) is 19.6 Å². The van der Waals surface area contributed by atoms with Crippen LogP contribution in [-0.4, -0.2) is 47.4 Å². The van der Waals surface area contributed by atoms with Gasteiger partial charge in [0.25, 0.3) is 0 Å². The monoisotopic (exact) mass is 289 g/mol. The van der Waals surface area contributed by atoms with Crippen molar-refractivity contribution in [1.82, 2.24) is 15.1 Å². The highest BCUT2D eigenvalue weighted by Crippen LogP contribution is 2.36. The highest BCUT2D eigenvalue weighted by molar-refractivity contribution is 5.81. The van der Waals surface area contributed by atoms with Crippen LogP contribution in [0.3, 0.4) is 0 Å². The maximum Gasteiger partial charge on any atom is 0.238 e. The number of nitrogens with zero attached hydrogens (tertiary/aromatic N) is 2. The van der Waals surface area contributed by atoms with E-state index in [0.29, 0.717) is 12.6 Å². The molecule has 112 valence electrons. The standard InChI is InChI=1S/C16H20FN3O/c17-12-4-1-3-11(9-12)16-18-10-15(21)20(16)14-6-8-19-7-2-5-13(14)19/h1,3-4,9,13-14,16,18H,2,5-8,10H2. The molecule has 21 heavy (non-hydrogen) atoms. The molecule has 3 unspecified atom stereocenters.